The molecule has 4 N–H and O–H groups in total. The van der Waals surface area contributed by atoms with Crippen LogP contribution in [0.1, 0.15) is 56.3 Å². The van der Waals surface area contributed by atoms with Crippen LogP contribution in [0.3, 0.4) is 0 Å². The molecule has 3 aliphatic carbocycles. The molecule has 3 aromatic rings. The zero-order chi connectivity index (χ0) is 25.2. The molecule has 3 saturated carbocycles. The molecule has 3 aromatic heterocycles. The van der Waals surface area contributed by atoms with Crippen LogP contribution in [-0.2, 0) is 0 Å². The SMILES string of the molecule is Cc1nc(NCC2CC2)nc(NC2C[C@H](C(C)(F)F)[C@@H](O)[C@H]2O)c1-c1nc2c(C3CC3)nccc2s1. The minimum Gasteiger partial charge on any atom is -0.390 e. The van der Waals surface area contributed by atoms with Gasteiger partial charge in [-0.15, -0.1) is 11.3 Å². The second-order valence-corrected chi connectivity index (χ2v) is 11.6. The molecule has 4 atom stereocenters. The Morgan fingerprint density at radius 2 is 1.89 bits per heavy atom. The number of nitrogens with zero attached hydrogens (tertiary/aromatic N) is 4. The number of thiazole rings is 1. The number of alkyl halides is 2. The number of anilines is 2. The molecule has 0 aliphatic heterocycles. The Morgan fingerprint density at radius 1 is 1.11 bits per heavy atom. The molecule has 192 valence electrons. The lowest BCUT2D eigenvalue weighted by molar-refractivity contribution is -0.0950. The van der Waals surface area contributed by atoms with E-state index in [0.717, 1.165) is 42.2 Å². The van der Waals surface area contributed by atoms with Crippen LogP contribution in [0.15, 0.2) is 12.3 Å². The molecule has 0 saturated heterocycles. The van der Waals surface area contributed by atoms with Gasteiger partial charge >= 0.3 is 0 Å². The van der Waals surface area contributed by atoms with E-state index in [2.05, 4.69) is 20.6 Å². The van der Waals surface area contributed by atoms with E-state index in [1.54, 1.807) is 0 Å². The highest BCUT2D eigenvalue weighted by atomic mass is 32.1. The number of aryl methyl sites for hydroxylation is 1. The number of aliphatic hydroxyl groups is 2. The van der Waals surface area contributed by atoms with Gasteiger partial charge in [-0.25, -0.2) is 18.7 Å². The van der Waals surface area contributed by atoms with Crippen LogP contribution in [0.4, 0.5) is 20.5 Å². The van der Waals surface area contributed by atoms with Gasteiger partial charge in [0.1, 0.15) is 22.4 Å². The van der Waals surface area contributed by atoms with Gasteiger partial charge in [-0.05, 0) is 57.9 Å². The van der Waals surface area contributed by atoms with Crippen molar-refractivity contribution < 1.29 is 19.0 Å². The van der Waals surface area contributed by atoms with Gasteiger partial charge in [-0.1, -0.05) is 0 Å². The van der Waals surface area contributed by atoms with Crippen LogP contribution in [0.25, 0.3) is 20.8 Å². The molecular formula is C25H30F2N6O2S. The third kappa shape index (κ3) is 4.52. The Morgan fingerprint density at radius 3 is 2.56 bits per heavy atom. The predicted octanol–water partition coefficient (Wildman–Crippen LogP) is 4.33. The highest BCUT2D eigenvalue weighted by Gasteiger charge is 2.51. The molecule has 3 fully saturated rings. The van der Waals surface area contributed by atoms with Crippen molar-refractivity contribution in [2.24, 2.45) is 11.8 Å². The van der Waals surface area contributed by atoms with Crippen LogP contribution in [0.5, 0.6) is 0 Å². The maximum absolute atomic E-state index is 14.1. The minimum atomic E-state index is -3.11. The Labute approximate surface area is 211 Å². The van der Waals surface area contributed by atoms with Crippen LogP contribution in [0, 0.1) is 18.8 Å². The highest BCUT2D eigenvalue weighted by Crippen LogP contribution is 2.45. The van der Waals surface area contributed by atoms with E-state index in [1.165, 1.54) is 24.2 Å². The van der Waals surface area contributed by atoms with Crippen LogP contribution >= 0.6 is 11.3 Å². The second kappa shape index (κ2) is 8.81. The maximum atomic E-state index is 14.1. The highest BCUT2D eigenvalue weighted by molar-refractivity contribution is 7.21. The number of halogens is 2. The molecule has 36 heavy (non-hydrogen) atoms. The Bertz CT molecular complexity index is 1290. The summed E-state index contributed by atoms with van der Waals surface area (Å²) < 4.78 is 29.2. The third-order valence-corrected chi connectivity index (χ3v) is 8.54. The predicted molar refractivity (Wildman–Crippen MR) is 135 cm³/mol. The summed E-state index contributed by atoms with van der Waals surface area (Å²) in [6.45, 7) is 3.42. The summed E-state index contributed by atoms with van der Waals surface area (Å²) in [7, 11) is 0. The number of aromatic nitrogens is 4. The van der Waals surface area contributed by atoms with Gasteiger partial charge in [0.15, 0.2) is 0 Å². The zero-order valence-electron chi connectivity index (χ0n) is 20.2. The summed E-state index contributed by atoms with van der Waals surface area (Å²) >= 11 is 1.51. The second-order valence-electron chi connectivity index (χ2n) is 10.5. The fraction of sp³-hybridized carbons (Fsp3) is 0.600. The summed E-state index contributed by atoms with van der Waals surface area (Å²) in [6, 6.07) is 1.15. The average Bonchev–Trinajstić information content (AvgIpc) is 3.75. The van der Waals surface area contributed by atoms with Crippen molar-refractivity contribution in [3.8, 4) is 10.6 Å². The lowest BCUT2D eigenvalue weighted by atomic mass is 9.98. The van der Waals surface area contributed by atoms with Crippen molar-refractivity contribution in [2.75, 3.05) is 17.2 Å². The number of aliphatic hydroxyl groups excluding tert-OH is 2. The summed E-state index contributed by atoms with van der Waals surface area (Å²) in [5, 5.41) is 28.1. The number of rotatable bonds is 8. The molecule has 8 nitrogen and oxygen atoms in total. The van der Waals surface area contributed by atoms with E-state index in [-0.39, 0.29) is 6.42 Å². The van der Waals surface area contributed by atoms with Gasteiger partial charge in [0.2, 0.25) is 5.95 Å². The number of hydrogen-bond donors (Lipinski definition) is 4. The van der Waals surface area contributed by atoms with Crippen molar-refractivity contribution in [2.45, 2.75) is 76.0 Å². The van der Waals surface area contributed by atoms with Crippen LogP contribution < -0.4 is 10.6 Å². The Balaban J connectivity index is 1.39. The minimum absolute atomic E-state index is 0.0885. The van der Waals surface area contributed by atoms with E-state index in [9.17, 15) is 19.0 Å². The smallest absolute Gasteiger partial charge is 0.250 e. The first kappa shape index (κ1) is 23.9. The van der Waals surface area contributed by atoms with E-state index in [1.807, 2.05) is 19.2 Å². The summed E-state index contributed by atoms with van der Waals surface area (Å²) in [5.41, 5.74) is 3.25. The first-order chi connectivity index (χ1) is 17.2. The topological polar surface area (TPSA) is 116 Å². The molecule has 0 bridgehead atoms. The molecule has 0 radical (unpaired) electrons. The summed E-state index contributed by atoms with van der Waals surface area (Å²) in [4.78, 5) is 18.9. The monoisotopic (exact) mass is 516 g/mol. The van der Waals surface area contributed by atoms with Crippen LogP contribution in [0.2, 0.25) is 0 Å². The number of nitrogens with one attached hydrogen (secondary N) is 2. The fourth-order valence-electron chi connectivity index (χ4n) is 5.06. The number of pyridine rings is 1. The van der Waals surface area contributed by atoms with E-state index >= 15 is 0 Å². The number of fused-ring (bicyclic) bond motifs is 1. The Kier molecular flexibility index (Phi) is 5.84. The van der Waals surface area contributed by atoms with Crippen LogP contribution in [-0.4, -0.2) is 60.9 Å². The normalized spacial score (nSPS) is 26.5. The first-order valence-corrected chi connectivity index (χ1v) is 13.4. The van der Waals surface area contributed by atoms with E-state index < -0.39 is 30.1 Å². The van der Waals surface area contributed by atoms with Gasteiger partial charge in [0.05, 0.1) is 39.7 Å². The third-order valence-electron chi connectivity index (χ3n) is 7.50. The van der Waals surface area contributed by atoms with E-state index in [0.29, 0.717) is 39.9 Å². The van der Waals surface area contributed by atoms with Crippen molar-refractivity contribution in [1.29, 1.82) is 0 Å². The molecule has 3 aliphatic rings. The van der Waals surface area contributed by atoms with Crippen molar-refractivity contribution in [1.82, 2.24) is 19.9 Å². The first-order valence-electron chi connectivity index (χ1n) is 12.6. The molecule has 0 amide bonds. The van der Waals surface area contributed by atoms with Gasteiger partial charge in [-0.3, -0.25) is 4.98 Å². The molecular weight excluding hydrogens is 486 g/mol. The molecule has 0 spiro atoms. The molecule has 1 unspecified atom stereocenters. The number of hydrogen-bond acceptors (Lipinski definition) is 9. The standard InChI is InChI=1S/C25H30F2N6O2S/c1-11-17(23-32-19-16(36-23)7-8-28-18(19)13-5-6-13)22(33-24(30-11)29-10-12-3-4-12)31-15-9-14(25(2,26)27)20(34)21(15)35/h7-8,12-15,20-21,34-35H,3-6,9-10H2,1-2H3,(H2,29,30,31,33)/t14-,15?,20+,21-/m0/s1. The summed E-state index contributed by atoms with van der Waals surface area (Å²) in [6.07, 6.45) is 3.42. The largest absolute Gasteiger partial charge is 0.390 e. The maximum Gasteiger partial charge on any atom is 0.250 e. The quantitative estimate of drug-likeness (QED) is 0.350. The van der Waals surface area contributed by atoms with Gasteiger partial charge in [0, 0.05) is 18.7 Å². The summed E-state index contributed by atoms with van der Waals surface area (Å²) in [5.74, 6) is -2.55. The fourth-order valence-corrected chi connectivity index (χ4v) is 6.13. The molecule has 0 aromatic carbocycles. The zero-order valence-corrected chi connectivity index (χ0v) is 21.0. The van der Waals surface area contributed by atoms with E-state index in [4.69, 9.17) is 9.97 Å². The van der Waals surface area contributed by atoms with Gasteiger partial charge < -0.3 is 20.8 Å². The molecule has 6 rings (SSSR count). The van der Waals surface area contributed by atoms with Crippen molar-refractivity contribution in [3.05, 3.63) is 23.7 Å². The Hall–Kier alpha value is -2.50. The van der Waals surface area contributed by atoms with Gasteiger partial charge in [0.25, 0.3) is 5.92 Å². The molecule has 3 heterocycles. The lowest BCUT2D eigenvalue weighted by Gasteiger charge is -2.22. The average molecular weight is 517 g/mol. The van der Waals surface area contributed by atoms with Gasteiger partial charge in [-0.2, -0.15) is 4.98 Å². The van der Waals surface area contributed by atoms with Crippen molar-refractivity contribution >= 4 is 33.3 Å². The van der Waals surface area contributed by atoms with Crippen molar-refractivity contribution in [3.63, 3.8) is 0 Å². The molecule has 11 heteroatoms. The lowest BCUT2D eigenvalue weighted by Crippen LogP contribution is -2.38.